The largest absolute Gasteiger partial charge is 0.453 e. The fourth-order valence-electron chi connectivity index (χ4n) is 2.78. The van der Waals surface area contributed by atoms with E-state index in [0.717, 1.165) is 43.6 Å². The van der Waals surface area contributed by atoms with Crippen LogP contribution in [0.5, 0.6) is 0 Å². The summed E-state index contributed by atoms with van der Waals surface area (Å²) < 4.78 is 5.22. The van der Waals surface area contributed by atoms with Gasteiger partial charge in [0.05, 0.1) is 11.3 Å². The van der Waals surface area contributed by atoms with Crippen molar-refractivity contribution < 1.29 is 19.1 Å². The summed E-state index contributed by atoms with van der Waals surface area (Å²) in [6, 6.07) is 3.66. The second kappa shape index (κ2) is 8.97. The standard InChI is InChI=1S/C18H25NO4S/c1-13-7-9-16(24-13)15(20)8-10-17(21)23-14(2)18(22)19-11-5-3-4-6-12-19/h7,9,14H,3-6,8,10-12H2,1-2H3. The van der Waals surface area contributed by atoms with E-state index in [-0.39, 0.29) is 24.5 Å². The van der Waals surface area contributed by atoms with Crippen molar-refractivity contribution in [3.8, 4) is 0 Å². The number of carbonyl (C=O) groups is 3. The molecule has 24 heavy (non-hydrogen) atoms. The van der Waals surface area contributed by atoms with Crippen LogP contribution in [0, 0.1) is 6.92 Å². The first-order valence-corrected chi connectivity index (χ1v) is 9.37. The van der Waals surface area contributed by atoms with Crippen molar-refractivity contribution >= 4 is 29.0 Å². The van der Waals surface area contributed by atoms with E-state index in [1.54, 1.807) is 17.9 Å². The van der Waals surface area contributed by atoms with Crippen LogP contribution in [0.2, 0.25) is 0 Å². The minimum absolute atomic E-state index is 0.00734. The number of thiophene rings is 1. The van der Waals surface area contributed by atoms with Gasteiger partial charge in [0.25, 0.3) is 5.91 Å². The second-order valence-electron chi connectivity index (χ2n) is 6.21. The molecule has 1 unspecified atom stereocenters. The van der Waals surface area contributed by atoms with Gasteiger partial charge in [-0.25, -0.2) is 0 Å². The number of esters is 1. The van der Waals surface area contributed by atoms with Gasteiger partial charge in [-0.2, -0.15) is 0 Å². The average Bonchev–Trinajstić information content (AvgIpc) is 2.83. The first kappa shape index (κ1) is 18.6. The van der Waals surface area contributed by atoms with Crippen LogP contribution in [-0.4, -0.2) is 41.8 Å². The van der Waals surface area contributed by atoms with Crippen molar-refractivity contribution in [3.63, 3.8) is 0 Å². The Morgan fingerprint density at radius 2 is 1.79 bits per heavy atom. The summed E-state index contributed by atoms with van der Waals surface area (Å²) in [7, 11) is 0. The maximum absolute atomic E-state index is 12.3. The molecule has 0 saturated carbocycles. The molecule has 6 heteroatoms. The second-order valence-corrected chi connectivity index (χ2v) is 7.49. The molecule has 0 aliphatic carbocycles. The maximum Gasteiger partial charge on any atom is 0.307 e. The lowest BCUT2D eigenvalue weighted by Gasteiger charge is -2.23. The van der Waals surface area contributed by atoms with Crippen LogP contribution in [0.15, 0.2) is 12.1 Å². The molecule has 1 amide bonds. The highest BCUT2D eigenvalue weighted by Gasteiger charge is 2.24. The summed E-state index contributed by atoms with van der Waals surface area (Å²) in [5.74, 6) is -0.686. The Kier molecular flexibility index (Phi) is 6.97. The average molecular weight is 351 g/mol. The molecule has 1 aliphatic rings. The SMILES string of the molecule is Cc1ccc(C(=O)CCC(=O)OC(C)C(=O)N2CCCCCC2)s1. The lowest BCUT2D eigenvalue weighted by atomic mass is 10.2. The molecule has 2 heterocycles. The lowest BCUT2D eigenvalue weighted by molar-refractivity contribution is -0.159. The Hall–Kier alpha value is -1.69. The van der Waals surface area contributed by atoms with Crippen LogP contribution in [0.4, 0.5) is 0 Å². The molecular formula is C18H25NO4S. The van der Waals surface area contributed by atoms with Gasteiger partial charge in [0.15, 0.2) is 11.9 Å². The molecule has 1 aliphatic heterocycles. The van der Waals surface area contributed by atoms with Crippen molar-refractivity contribution in [2.75, 3.05) is 13.1 Å². The summed E-state index contributed by atoms with van der Waals surface area (Å²) in [6.07, 6.45) is 3.62. The molecular weight excluding hydrogens is 326 g/mol. The Bertz CT molecular complexity index is 588. The van der Waals surface area contributed by atoms with Crippen LogP contribution in [0.25, 0.3) is 0 Å². The molecule has 1 fully saturated rings. The molecule has 0 bridgehead atoms. The zero-order valence-electron chi connectivity index (χ0n) is 14.4. The smallest absolute Gasteiger partial charge is 0.307 e. The predicted octanol–water partition coefficient (Wildman–Crippen LogP) is 3.35. The number of ketones is 1. The molecule has 0 N–H and O–H groups in total. The van der Waals surface area contributed by atoms with Crippen LogP contribution in [-0.2, 0) is 14.3 Å². The van der Waals surface area contributed by atoms with E-state index in [0.29, 0.717) is 4.88 Å². The Balaban J connectivity index is 1.76. The van der Waals surface area contributed by atoms with Crippen molar-refractivity contribution in [1.82, 2.24) is 4.90 Å². The summed E-state index contributed by atoms with van der Waals surface area (Å²) >= 11 is 1.42. The number of nitrogens with zero attached hydrogens (tertiary/aromatic N) is 1. The normalized spacial score (nSPS) is 16.3. The van der Waals surface area contributed by atoms with Gasteiger partial charge in [-0.15, -0.1) is 11.3 Å². The van der Waals surface area contributed by atoms with Crippen LogP contribution in [0.3, 0.4) is 0 Å². The van der Waals surface area contributed by atoms with Gasteiger partial charge in [-0.1, -0.05) is 12.8 Å². The molecule has 0 spiro atoms. The van der Waals surface area contributed by atoms with E-state index < -0.39 is 12.1 Å². The number of aryl methyl sites for hydroxylation is 1. The van der Waals surface area contributed by atoms with Gasteiger partial charge in [0.2, 0.25) is 0 Å². The summed E-state index contributed by atoms with van der Waals surface area (Å²) in [5, 5.41) is 0. The highest BCUT2D eigenvalue weighted by Crippen LogP contribution is 2.18. The minimum Gasteiger partial charge on any atom is -0.453 e. The van der Waals surface area contributed by atoms with Gasteiger partial charge in [-0.3, -0.25) is 14.4 Å². The van der Waals surface area contributed by atoms with Crippen LogP contribution < -0.4 is 0 Å². The van der Waals surface area contributed by atoms with E-state index in [4.69, 9.17) is 4.74 Å². The fraction of sp³-hybridized carbons (Fsp3) is 0.611. The first-order chi connectivity index (χ1) is 11.5. The van der Waals surface area contributed by atoms with E-state index in [2.05, 4.69) is 0 Å². The highest BCUT2D eigenvalue weighted by atomic mass is 32.1. The quantitative estimate of drug-likeness (QED) is 0.582. The fourth-order valence-corrected chi connectivity index (χ4v) is 3.61. The number of Topliss-reactive ketones (excluding diaryl/α,β-unsaturated/α-hetero) is 1. The molecule has 1 aromatic heterocycles. The number of likely N-dealkylation sites (tertiary alicyclic amines) is 1. The van der Waals surface area contributed by atoms with Gasteiger partial charge < -0.3 is 9.64 Å². The molecule has 1 aromatic rings. The van der Waals surface area contributed by atoms with Crippen molar-refractivity contribution in [1.29, 1.82) is 0 Å². The number of rotatable bonds is 6. The third kappa shape index (κ3) is 5.44. The minimum atomic E-state index is -0.783. The molecule has 2 rings (SSSR count). The van der Waals surface area contributed by atoms with Crippen LogP contribution in [0.1, 0.15) is 60.0 Å². The summed E-state index contributed by atoms with van der Waals surface area (Å²) in [5.41, 5.74) is 0. The Morgan fingerprint density at radius 3 is 2.38 bits per heavy atom. The number of hydrogen-bond acceptors (Lipinski definition) is 5. The molecule has 0 aromatic carbocycles. The summed E-state index contributed by atoms with van der Waals surface area (Å²) in [4.78, 5) is 39.7. The Labute approximate surface area is 147 Å². The van der Waals surface area contributed by atoms with Crippen molar-refractivity contribution in [3.05, 3.63) is 21.9 Å². The Morgan fingerprint density at radius 1 is 1.12 bits per heavy atom. The van der Waals surface area contributed by atoms with E-state index >= 15 is 0 Å². The highest BCUT2D eigenvalue weighted by molar-refractivity contribution is 7.14. The number of hydrogen-bond donors (Lipinski definition) is 0. The van der Waals surface area contributed by atoms with Gasteiger partial charge in [-0.05, 0) is 38.8 Å². The van der Waals surface area contributed by atoms with Gasteiger partial charge in [0, 0.05) is 24.4 Å². The first-order valence-electron chi connectivity index (χ1n) is 8.55. The van der Waals surface area contributed by atoms with E-state index in [1.165, 1.54) is 11.3 Å². The number of amides is 1. The lowest BCUT2D eigenvalue weighted by Crippen LogP contribution is -2.40. The maximum atomic E-state index is 12.3. The molecule has 1 atom stereocenters. The van der Waals surface area contributed by atoms with Crippen LogP contribution >= 0.6 is 11.3 Å². The van der Waals surface area contributed by atoms with E-state index in [9.17, 15) is 14.4 Å². The molecule has 5 nitrogen and oxygen atoms in total. The number of ether oxygens (including phenoxy) is 1. The monoisotopic (exact) mass is 351 g/mol. The summed E-state index contributed by atoms with van der Waals surface area (Å²) in [6.45, 7) is 5.01. The predicted molar refractivity (Wildman–Crippen MR) is 93.2 cm³/mol. The molecule has 1 saturated heterocycles. The van der Waals surface area contributed by atoms with Gasteiger partial charge in [0.1, 0.15) is 0 Å². The third-order valence-corrected chi connectivity index (χ3v) is 5.19. The third-order valence-electron chi connectivity index (χ3n) is 4.15. The molecule has 0 radical (unpaired) electrons. The zero-order chi connectivity index (χ0) is 17.5. The van der Waals surface area contributed by atoms with Crippen molar-refractivity contribution in [2.45, 2.75) is 58.5 Å². The topological polar surface area (TPSA) is 63.7 Å². The molecule has 132 valence electrons. The van der Waals surface area contributed by atoms with Gasteiger partial charge >= 0.3 is 5.97 Å². The number of carbonyl (C=O) groups excluding carboxylic acids is 3. The van der Waals surface area contributed by atoms with E-state index in [1.807, 2.05) is 13.0 Å². The zero-order valence-corrected chi connectivity index (χ0v) is 15.2. The van der Waals surface area contributed by atoms with Crippen molar-refractivity contribution in [2.24, 2.45) is 0 Å².